The molecule has 0 aliphatic carbocycles. The predicted octanol–water partition coefficient (Wildman–Crippen LogP) is 1.18. The van der Waals surface area contributed by atoms with Crippen molar-refractivity contribution in [3.63, 3.8) is 0 Å². The summed E-state index contributed by atoms with van der Waals surface area (Å²) in [6, 6.07) is 0. The summed E-state index contributed by atoms with van der Waals surface area (Å²) in [6.45, 7) is 5.15. The maximum atomic E-state index is 10.7. The van der Waals surface area contributed by atoms with Gasteiger partial charge >= 0.3 is 0 Å². The van der Waals surface area contributed by atoms with Gasteiger partial charge in [-0.15, -0.1) is 0 Å². The molecule has 1 amide bonds. The smallest absolute Gasteiger partial charge is 0.274 e. The van der Waals surface area contributed by atoms with E-state index in [2.05, 4.69) is 6.58 Å². The van der Waals surface area contributed by atoms with Crippen molar-refractivity contribution in [2.24, 2.45) is 0 Å². The molecule has 0 atom stereocenters. The minimum atomic E-state index is -0.523. The fourth-order valence-electron chi connectivity index (χ4n) is 0.539. The summed E-state index contributed by atoms with van der Waals surface area (Å²) in [7, 11) is 0. The van der Waals surface area contributed by atoms with Crippen LogP contribution in [-0.4, -0.2) is 11.1 Å². The zero-order chi connectivity index (χ0) is 8.69. The van der Waals surface area contributed by atoms with Crippen LogP contribution in [0.4, 0.5) is 0 Å². The van der Waals surface area contributed by atoms with Gasteiger partial charge in [0.25, 0.3) is 5.91 Å². The average Bonchev–Trinajstić information content (AvgIpc) is 2.05. The SMILES string of the molecule is C=C/C=C\C(=C/C)C(=O)NO. The van der Waals surface area contributed by atoms with Crippen LogP contribution in [0.15, 0.2) is 36.5 Å². The quantitative estimate of drug-likeness (QED) is 0.277. The lowest BCUT2D eigenvalue weighted by molar-refractivity contribution is -0.124. The van der Waals surface area contributed by atoms with Crippen LogP contribution in [0.2, 0.25) is 0 Å². The molecule has 0 spiro atoms. The van der Waals surface area contributed by atoms with Gasteiger partial charge < -0.3 is 0 Å². The third-order valence-electron chi connectivity index (χ3n) is 1.09. The van der Waals surface area contributed by atoms with Crippen LogP contribution >= 0.6 is 0 Å². The number of nitrogens with one attached hydrogen (secondary N) is 1. The fourth-order valence-corrected chi connectivity index (χ4v) is 0.539. The van der Waals surface area contributed by atoms with E-state index in [0.29, 0.717) is 5.57 Å². The Hall–Kier alpha value is -1.35. The predicted molar refractivity (Wildman–Crippen MR) is 43.0 cm³/mol. The number of allylic oxidation sites excluding steroid dienone is 3. The summed E-state index contributed by atoms with van der Waals surface area (Å²) >= 11 is 0. The van der Waals surface area contributed by atoms with Gasteiger partial charge in [0, 0.05) is 5.57 Å². The number of hydrogen-bond acceptors (Lipinski definition) is 2. The van der Waals surface area contributed by atoms with E-state index in [0.717, 1.165) is 0 Å². The third-order valence-corrected chi connectivity index (χ3v) is 1.09. The van der Waals surface area contributed by atoms with E-state index in [9.17, 15) is 4.79 Å². The zero-order valence-corrected chi connectivity index (χ0v) is 6.37. The molecule has 0 aromatic heterocycles. The summed E-state index contributed by atoms with van der Waals surface area (Å²) in [4.78, 5) is 10.7. The first-order valence-corrected chi connectivity index (χ1v) is 3.16. The normalized spacial score (nSPS) is 11.6. The van der Waals surface area contributed by atoms with Gasteiger partial charge in [0.15, 0.2) is 0 Å². The Morgan fingerprint density at radius 2 is 2.27 bits per heavy atom. The lowest BCUT2D eigenvalue weighted by Crippen LogP contribution is -2.19. The lowest BCUT2D eigenvalue weighted by Gasteiger charge is -1.95. The molecule has 3 nitrogen and oxygen atoms in total. The molecule has 3 heteroatoms. The molecule has 60 valence electrons. The van der Waals surface area contributed by atoms with Crippen molar-refractivity contribution in [3.8, 4) is 0 Å². The highest BCUT2D eigenvalue weighted by Crippen LogP contribution is 1.95. The fraction of sp³-hybridized carbons (Fsp3) is 0.125. The molecule has 0 rings (SSSR count). The minimum absolute atomic E-state index is 0.396. The lowest BCUT2D eigenvalue weighted by atomic mass is 10.2. The summed E-state index contributed by atoms with van der Waals surface area (Å²) < 4.78 is 0. The third kappa shape index (κ3) is 3.37. The highest BCUT2D eigenvalue weighted by atomic mass is 16.5. The maximum absolute atomic E-state index is 10.7. The molecule has 0 unspecified atom stereocenters. The topological polar surface area (TPSA) is 49.3 Å². The van der Waals surface area contributed by atoms with Gasteiger partial charge in [0.1, 0.15) is 0 Å². The molecule has 2 N–H and O–H groups in total. The Kier molecular flexibility index (Phi) is 4.77. The molecule has 0 aliphatic heterocycles. The largest absolute Gasteiger partial charge is 0.288 e. The standard InChI is InChI=1S/C8H11NO2/c1-3-5-6-7(4-2)8(10)9-11/h3-6,11H,1H2,2H3,(H,9,10)/b6-5-,7-4+. The summed E-state index contributed by atoms with van der Waals surface area (Å²) in [5.74, 6) is -0.523. The molecule has 0 aliphatic rings. The maximum Gasteiger partial charge on any atom is 0.274 e. The Bertz CT molecular complexity index is 204. The molecule has 0 saturated heterocycles. The van der Waals surface area contributed by atoms with Gasteiger partial charge in [-0.25, -0.2) is 5.48 Å². The van der Waals surface area contributed by atoms with Crippen molar-refractivity contribution in [1.82, 2.24) is 5.48 Å². The van der Waals surface area contributed by atoms with Crippen LogP contribution < -0.4 is 5.48 Å². The molecule has 0 radical (unpaired) electrons. The minimum Gasteiger partial charge on any atom is -0.288 e. The first-order valence-electron chi connectivity index (χ1n) is 3.16. The molecule has 0 aromatic rings. The van der Waals surface area contributed by atoms with E-state index in [-0.39, 0.29) is 0 Å². The van der Waals surface area contributed by atoms with Crippen LogP contribution in [0, 0.1) is 0 Å². The number of amides is 1. The van der Waals surface area contributed by atoms with E-state index in [1.54, 1.807) is 31.2 Å². The number of hydroxylamine groups is 1. The molecule has 11 heavy (non-hydrogen) atoms. The number of carbonyl (C=O) groups excluding carboxylic acids is 1. The first kappa shape index (κ1) is 9.65. The van der Waals surface area contributed by atoms with Crippen molar-refractivity contribution in [2.45, 2.75) is 6.92 Å². The summed E-state index contributed by atoms with van der Waals surface area (Å²) in [5.41, 5.74) is 1.93. The van der Waals surface area contributed by atoms with Crippen LogP contribution in [0.1, 0.15) is 6.92 Å². The van der Waals surface area contributed by atoms with E-state index in [4.69, 9.17) is 5.21 Å². The molecule has 0 heterocycles. The van der Waals surface area contributed by atoms with Crippen LogP contribution in [0.3, 0.4) is 0 Å². The second-order valence-electron chi connectivity index (χ2n) is 1.78. The van der Waals surface area contributed by atoms with E-state index in [1.165, 1.54) is 5.48 Å². The summed E-state index contributed by atoms with van der Waals surface area (Å²) in [5, 5.41) is 8.24. The van der Waals surface area contributed by atoms with Crippen LogP contribution in [0.25, 0.3) is 0 Å². The van der Waals surface area contributed by atoms with Gasteiger partial charge in [-0.2, -0.15) is 0 Å². The first-order chi connectivity index (χ1) is 5.26. The van der Waals surface area contributed by atoms with Gasteiger partial charge in [-0.1, -0.05) is 24.8 Å². The number of hydrogen-bond donors (Lipinski definition) is 2. The molecule has 0 bridgehead atoms. The van der Waals surface area contributed by atoms with Crippen LogP contribution in [0.5, 0.6) is 0 Å². The molecular weight excluding hydrogens is 142 g/mol. The monoisotopic (exact) mass is 153 g/mol. The van der Waals surface area contributed by atoms with Gasteiger partial charge in [0.2, 0.25) is 0 Å². The Labute approximate surface area is 65.7 Å². The highest BCUT2D eigenvalue weighted by Gasteiger charge is 2.00. The average molecular weight is 153 g/mol. The molecule has 0 aromatic carbocycles. The van der Waals surface area contributed by atoms with Crippen molar-refractivity contribution in [2.75, 3.05) is 0 Å². The van der Waals surface area contributed by atoms with E-state index >= 15 is 0 Å². The van der Waals surface area contributed by atoms with E-state index < -0.39 is 5.91 Å². The second kappa shape index (κ2) is 5.44. The summed E-state index contributed by atoms with van der Waals surface area (Å²) in [6.07, 6.45) is 6.31. The van der Waals surface area contributed by atoms with E-state index in [1.807, 2.05) is 0 Å². The Morgan fingerprint density at radius 1 is 1.64 bits per heavy atom. The van der Waals surface area contributed by atoms with Gasteiger partial charge in [-0.3, -0.25) is 10.0 Å². The van der Waals surface area contributed by atoms with Crippen molar-refractivity contribution in [3.05, 3.63) is 36.5 Å². The Morgan fingerprint density at radius 3 is 2.64 bits per heavy atom. The molecule has 0 saturated carbocycles. The van der Waals surface area contributed by atoms with Gasteiger partial charge in [0.05, 0.1) is 0 Å². The second-order valence-corrected chi connectivity index (χ2v) is 1.78. The van der Waals surface area contributed by atoms with Crippen molar-refractivity contribution >= 4 is 5.91 Å². The number of carbonyl (C=O) groups is 1. The van der Waals surface area contributed by atoms with Crippen molar-refractivity contribution in [1.29, 1.82) is 0 Å². The van der Waals surface area contributed by atoms with Crippen molar-refractivity contribution < 1.29 is 10.0 Å². The number of rotatable bonds is 3. The Balaban J connectivity index is 4.31. The highest BCUT2D eigenvalue weighted by molar-refractivity contribution is 5.95. The van der Waals surface area contributed by atoms with Gasteiger partial charge in [-0.05, 0) is 13.0 Å². The zero-order valence-electron chi connectivity index (χ0n) is 6.37. The molecule has 0 fully saturated rings. The molecular formula is C8H11NO2. The van der Waals surface area contributed by atoms with Crippen LogP contribution in [-0.2, 0) is 4.79 Å².